The van der Waals surface area contributed by atoms with Crippen molar-refractivity contribution in [3.8, 4) is 0 Å². The fraction of sp³-hybridized carbons (Fsp3) is 0.929. The van der Waals surface area contributed by atoms with Gasteiger partial charge in [0.2, 0.25) is 0 Å². The minimum Gasteiger partial charge on any atom is -0.480 e. The van der Waals surface area contributed by atoms with Gasteiger partial charge in [0.05, 0.1) is 0 Å². The SMILES string of the molecule is CC(CC(C)(N)C(=O)O)N1CCN2CCCCC2C1. The number of piperazine rings is 1. The number of carboxylic acids is 1. The third-order valence-corrected chi connectivity index (χ3v) is 4.70. The normalized spacial score (nSPS) is 30.4. The molecule has 0 aromatic rings. The summed E-state index contributed by atoms with van der Waals surface area (Å²) < 4.78 is 0. The van der Waals surface area contributed by atoms with E-state index in [2.05, 4.69) is 16.7 Å². The maximum absolute atomic E-state index is 11.1. The second kappa shape index (κ2) is 5.77. The van der Waals surface area contributed by atoms with Gasteiger partial charge in [0.25, 0.3) is 0 Å². The van der Waals surface area contributed by atoms with Gasteiger partial charge in [-0.3, -0.25) is 14.6 Å². The van der Waals surface area contributed by atoms with Gasteiger partial charge in [-0.15, -0.1) is 0 Å². The Balaban J connectivity index is 1.90. The molecule has 2 saturated heterocycles. The summed E-state index contributed by atoms with van der Waals surface area (Å²) in [5.74, 6) is -0.907. The predicted molar refractivity (Wildman–Crippen MR) is 75.1 cm³/mol. The first kappa shape index (κ1) is 14.8. The van der Waals surface area contributed by atoms with E-state index < -0.39 is 11.5 Å². The van der Waals surface area contributed by atoms with E-state index in [0.717, 1.165) is 19.6 Å². The summed E-state index contributed by atoms with van der Waals surface area (Å²) in [6.45, 7) is 8.17. The van der Waals surface area contributed by atoms with Crippen LogP contribution < -0.4 is 5.73 Å². The second-order valence-corrected chi connectivity index (χ2v) is 6.46. The molecule has 0 bridgehead atoms. The highest BCUT2D eigenvalue weighted by atomic mass is 16.4. The average molecular weight is 269 g/mol. The Hall–Kier alpha value is -0.650. The minimum absolute atomic E-state index is 0.232. The van der Waals surface area contributed by atoms with Gasteiger partial charge in [-0.1, -0.05) is 6.42 Å². The molecule has 3 atom stereocenters. The van der Waals surface area contributed by atoms with E-state index in [4.69, 9.17) is 10.8 Å². The van der Waals surface area contributed by atoms with Crippen molar-refractivity contribution in [3.05, 3.63) is 0 Å². The van der Waals surface area contributed by atoms with Crippen molar-refractivity contribution in [2.75, 3.05) is 26.2 Å². The zero-order valence-corrected chi connectivity index (χ0v) is 12.1. The van der Waals surface area contributed by atoms with Crippen molar-refractivity contribution in [1.29, 1.82) is 0 Å². The lowest BCUT2D eigenvalue weighted by molar-refractivity contribution is -0.143. The molecule has 0 amide bonds. The molecule has 0 aromatic carbocycles. The lowest BCUT2D eigenvalue weighted by atomic mass is 9.92. The van der Waals surface area contributed by atoms with Crippen molar-refractivity contribution in [1.82, 2.24) is 9.80 Å². The molecule has 3 unspecified atom stereocenters. The fourth-order valence-electron chi connectivity index (χ4n) is 3.41. The third kappa shape index (κ3) is 3.46. The molecule has 2 rings (SSSR count). The Morgan fingerprint density at radius 3 is 2.84 bits per heavy atom. The molecule has 0 saturated carbocycles. The molecule has 110 valence electrons. The van der Waals surface area contributed by atoms with Crippen LogP contribution in [0.15, 0.2) is 0 Å². The third-order valence-electron chi connectivity index (χ3n) is 4.70. The van der Waals surface area contributed by atoms with Crippen LogP contribution in [0.25, 0.3) is 0 Å². The van der Waals surface area contributed by atoms with Crippen LogP contribution in [0.5, 0.6) is 0 Å². The topological polar surface area (TPSA) is 69.8 Å². The minimum atomic E-state index is -1.12. The van der Waals surface area contributed by atoms with Gasteiger partial charge >= 0.3 is 5.97 Å². The van der Waals surface area contributed by atoms with E-state index in [0.29, 0.717) is 12.5 Å². The number of nitrogens with zero attached hydrogens (tertiary/aromatic N) is 2. The van der Waals surface area contributed by atoms with Crippen molar-refractivity contribution >= 4 is 5.97 Å². The van der Waals surface area contributed by atoms with E-state index in [1.54, 1.807) is 6.92 Å². The van der Waals surface area contributed by atoms with Crippen molar-refractivity contribution in [2.45, 2.75) is 57.2 Å². The van der Waals surface area contributed by atoms with Gasteiger partial charge in [-0.2, -0.15) is 0 Å². The smallest absolute Gasteiger partial charge is 0.323 e. The monoisotopic (exact) mass is 269 g/mol. The maximum atomic E-state index is 11.1. The summed E-state index contributed by atoms with van der Waals surface area (Å²) >= 11 is 0. The van der Waals surface area contributed by atoms with Gasteiger partial charge in [-0.05, 0) is 39.7 Å². The zero-order chi connectivity index (χ0) is 14.0. The van der Waals surface area contributed by atoms with E-state index in [9.17, 15) is 4.79 Å². The molecule has 5 nitrogen and oxygen atoms in total. The Morgan fingerprint density at radius 1 is 1.42 bits per heavy atom. The van der Waals surface area contributed by atoms with Crippen molar-refractivity contribution in [2.24, 2.45) is 5.73 Å². The van der Waals surface area contributed by atoms with Gasteiger partial charge in [-0.25, -0.2) is 0 Å². The average Bonchev–Trinajstić information content (AvgIpc) is 2.37. The van der Waals surface area contributed by atoms with Crippen LogP contribution in [-0.4, -0.2) is 64.7 Å². The van der Waals surface area contributed by atoms with E-state index in [1.807, 2.05) is 0 Å². The molecule has 0 aliphatic carbocycles. The molecule has 0 radical (unpaired) electrons. The first-order valence-electron chi connectivity index (χ1n) is 7.40. The zero-order valence-electron chi connectivity index (χ0n) is 12.1. The molecule has 2 fully saturated rings. The summed E-state index contributed by atoms with van der Waals surface area (Å²) in [4.78, 5) is 16.1. The summed E-state index contributed by atoms with van der Waals surface area (Å²) in [5.41, 5.74) is 4.74. The fourth-order valence-corrected chi connectivity index (χ4v) is 3.41. The van der Waals surface area contributed by atoms with Crippen LogP contribution in [0.3, 0.4) is 0 Å². The Bertz CT molecular complexity index is 333. The highest BCUT2D eigenvalue weighted by Crippen LogP contribution is 2.24. The number of fused-ring (bicyclic) bond motifs is 1. The molecule has 2 heterocycles. The van der Waals surface area contributed by atoms with Crippen LogP contribution in [0.4, 0.5) is 0 Å². The quantitative estimate of drug-likeness (QED) is 0.787. The van der Waals surface area contributed by atoms with E-state index >= 15 is 0 Å². The molecular weight excluding hydrogens is 242 g/mol. The van der Waals surface area contributed by atoms with Crippen LogP contribution in [0, 0.1) is 0 Å². The molecule has 19 heavy (non-hydrogen) atoms. The molecule has 2 aliphatic heterocycles. The van der Waals surface area contributed by atoms with Gasteiger partial charge in [0.15, 0.2) is 0 Å². The summed E-state index contributed by atoms with van der Waals surface area (Å²) in [5, 5.41) is 9.12. The number of hydrogen-bond donors (Lipinski definition) is 2. The standard InChI is InChI=1S/C14H27N3O2/c1-11(9-14(2,15)13(18)19)17-8-7-16-6-4-3-5-12(16)10-17/h11-12H,3-10,15H2,1-2H3,(H,18,19). The van der Waals surface area contributed by atoms with Crippen LogP contribution in [0.2, 0.25) is 0 Å². The molecule has 0 aromatic heterocycles. The maximum Gasteiger partial charge on any atom is 0.323 e. The number of piperidine rings is 1. The number of nitrogens with two attached hydrogens (primary N) is 1. The summed E-state index contributed by atoms with van der Waals surface area (Å²) in [6.07, 6.45) is 4.44. The predicted octanol–water partition coefficient (Wildman–Crippen LogP) is 0.737. The first-order chi connectivity index (χ1) is 8.90. The van der Waals surface area contributed by atoms with E-state index in [1.165, 1.54) is 25.8 Å². The second-order valence-electron chi connectivity index (χ2n) is 6.46. The summed E-state index contributed by atoms with van der Waals surface area (Å²) in [7, 11) is 0. The van der Waals surface area contributed by atoms with Crippen molar-refractivity contribution < 1.29 is 9.90 Å². The molecule has 2 aliphatic rings. The molecule has 5 heteroatoms. The Morgan fingerprint density at radius 2 is 2.16 bits per heavy atom. The Labute approximate surface area is 115 Å². The van der Waals surface area contributed by atoms with E-state index in [-0.39, 0.29) is 6.04 Å². The van der Waals surface area contributed by atoms with Crippen LogP contribution >= 0.6 is 0 Å². The van der Waals surface area contributed by atoms with Gasteiger partial charge in [0.1, 0.15) is 5.54 Å². The number of carbonyl (C=O) groups is 1. The number of rotatable bonds is 4. The number of carboxylic acid groups (broad SMARTS) is 1. The molecular formula is C14H27N3O2. The Kier molecular flexibility index (Phi) is 4.48. The van der Waals surface area contributed by atoms with Crippen LogP contribution in [0.1, 0.15) is 39.5 Å². The van der Waals surface area contributed by atoms with Crippen LogP contribution in [-0.2, 0) is 4.79 Å². The number of aliphatic carboxylic acids is 1. The first-order valence-corrected chi connectivity index (χ1v) is 7.40. The van der Waals surface area contributed by atoms with Gasteiger partial charge in [0, 0.05) is 31.7 Å². The largest absolute Gasteiger partial charge is 0.480 e. The molecule has 0 spiro atoms. The molecule has 3 N–H and O–H groups in total. The number of hydrogen-bond acceptors (Lipinski definition) is 4. The highest BCUT2D eigenvalue weighted by molar-refractivity contribution is 5.77. The van der Waals surface area contributed by atoms with Crippen molar-refractivity contribution in [3.63, 3.8) is 0 Å². The highest BCUT2D eigenvalue weighted by Gasteiger charge is 2.35. The summed E-state index contributed by atoms with van der Waals surface area (Å²) in [6, 6.07) is 0.897. The van der Waals surface area contributed by atoms with Gasteiger partial charge < -0.3 is 10.8 Å². The lowest BCUT2D eigenvalue weighted by Gasteiger charge is -2.46. The lowest BCUT2D eigenvalue weighted by Crippen LogP contribution is -2.58.